The average molecular weight is 398 g/mol. The van der Waals surface area contributed by atoms with Gasteiger partial charge < -0.3 is 25.5 Å². The van der Waals surface area contributed by atoms with Crippen molar-refractivity contribution in [3.8, 4) is 5.75 Å². The highest BCUT2D eigenvalue weighted by Crippen LogP contribution is 2.24. The summed E-state index contributed by atoms with van der Waals surface area (Å²) in [4.78, 5) is 37.3. The predicted molar refractivity (Wildman–Crippen MR) is 88.9 cm³/mol. The van der Waals surface area contributed by atoms with E-state index >= 15 is 0 Å². The van der Waals surface area contributed by atoms with Crippen LogP contribution in [-0.4, -0.2) is 34.4 Å². The van der Waals surface area contributed by atoms with Crippen LogP contribution in [0.1, 0.15) is 6.92 Å². The highest BCUT2D eigenvalue weighted by atomic mass is 19.2. The number of benzene rings is 1. The number of nitrogens with one attached hydrogen (secondary N) is 2. The highest BCUT2D eigenvalue weighted by molar-refractivity contribution is 5.95. The van der Waals surface area contributed by atoms with Gasteiger partial charge >= 0.3 is 5.82 Å². The van der Waals surface area contributed by atoms with Gasteiger partial charge in [-0.25, -0.2) is 13.2 Å². The number of pyridine rings is 1. The summed E-state index contributed by atoms with van der Waals surface area (Å²) in [5.41, 5.74) is -0.603. The van der Waals surface area contributed by atoms with E-state index in [1.807, 2.05) is 5.32 Å². The van der Waals surface area contributed by atoms with Crippen molar-refractivity contribution in [2.24, 2.45) is 0 Å². The van der Waals surface area contributed by atoms with Gasteiger partial charge in [-0.3, -0.25) is 9.59 Å². The Morgan fingerprint density at radius 3 is 2.64 bits per heavy atom. The summed E-state index contributed by atoms with van der Waals surface area (Å²) in [6.07, 6.45) is -0.0481. The third-order valence-electron chi connectivity index (χ3n) is 3.33. The first-order valence-corrected chi connectivity index (χ1v) is 7.67. The molecule has 2 amide bonds. The molecule has 0 radical (unpaired) electrons. The number of hydrogen-bond acceptors (Lipinski definition) is 6. The Balaban J connectivity index is 1.92. The van der Waals surface area contributed by atoms with E-state index in [1.54, 1.807) is 0 Å². The summed E-state index contributed by atoms with van der Waals surface area (Å²) in [5.74, 6) is -7.31. The summed E-state index contributed by atoms with van der Waals surface area (Å²) in [6.45, 7) is 0.638. The molecule has 0 spiro atoms. The Morgan fingerprint density at radius 2 is 1.96 bits per heavy atom. The largest absolute Gasteiger partial charge is 0.473 e. The lowest BCUT2D eigenvalue weighted by molar-refractivity contribution is -0.390. The molecule has 9 nitrogen and oxygen atoms in total. The van der Waals surface area contributed by atoms with Crippen LogP contribution in [0, 0.1) is 27.6 Å². The zero-order valence-electron chi connectivity index (χ0n) is 14.2. The van der Waals surface area contributed by atoms with Gasteiger partial charge in [0.05, 0.1) is 12.2 Å². The second kappa shape index (κ2) is 8.79. The summed E-state index contributed by atoms with van der Waals surface area (Å²) in [7, 11) is 0. The molecule has 1 heterocycles. The molecule has 1 aromatic carbocycles. The maximum absolute atomic E-state index is 13.5. The van der Waals surface area contributed by atoms with Crippen molar-refractivity contribution < 1.29 is 32.4 Å². The Labute approximate surface area is 155 Å². The van der Waals surface area contributed by atoms with Crippen molar-refractivity contribution in [2.45, 2.75) is 13.0 Å². The Morgan fingerprint density at radius 1 is 1.25 bits per heavy atom. The van der Waals surface area contributed by atoms with Crippen LogP contribution in [0.3, 0.4) is 0 Å². The molecule has 148 valence electrons. The molecule has 1 atom stereocenters. The number of aromatic nitrogens is 1. The normalized spacial score (nSPS) is 11.4. The maximum atomic E-state index is 13.5. The first-order chi connectivity index (χ1) is 13.2. The lowest BCUT2D eigenvalue weighted by atomic mass is 10.2. The van der Waals surface area contributed by atoms with Gasteiger partial charge in [0.2, 0.25) is 11.7 Å². The predicted octanol–water partition coefficient (Wildman–Crippen LogP) is 1.93. The molecule has 0 saturated heterocycles. The zero-order chi connectivity index (χ0) is 20.8. The molecule has 2 N–H and O–H groups in total. The fourth-order valence-electron chi connectivity index (χ4n) is 1.98. The van der Waals surface area contributed by atoms with E-state index in [0.717, 1.165) is 6.07 Å². The first-order valence-electron chi connectivity index (χ1n) is 7.67. The van der Waals surface area contributed by atoms with E-state index < -0.39 is 58.3 Å². The van der Waals surface area contributed by atoms with E-state index in [1.165, 1.54) is 25.3 Å². The number of rotatable bonds is 7. The molecule has 2 rings (SSSR count). The number of ether oxygens (including phenoxy) is 1. The van der Waals surface area contributed by atoms with Crippen LogP contribution in [0.5, 0.6) is 5.75 Å². The van der Waals surface area contributed by atoms with Gasteiger partial charge in [-0.1, -0.05) is 0 Å². The summed E-state index contributed by atoms with van der Waals surface area (Å²) < 4.78 is 44.6. The van der Waals surface area contributed by atoms with Crippen molar-refractivity contribution in [1.29, 1.82) is 0 Å². The van der Waals surface area contributed by atoms with Crippen LogP contribution < -0.4 is 15.4 Å². The van der Waals surface area contributed by atoms with Crippen LogP contribution in [-0.2, 0) is 9.59 Å². The molecule has 28 heavy (non-hydrogen) atoms. The number of nitrogens with zero attached hydrogens (tertiary/aromatic N) is 2. The molecule has 0 aliphatic rings. The van der Waals surface area contributed by atoms with Crippen LogP contribution in [0.25, 0.3) is 0 Å². The quantitative estimate of drug-likeness (QED) is 0.417. The second-order valence-corrected chi connectivity index (χ2v) is 5.33. The molecule has 0 fully saturated rings. The number of halogens is 3. The zero-order valence-corrected chi connectivity index (χ0v) is 14.2. The minimum absolute atomic E-state index is 0.247. The van der Waals surface area contributed by atoms with Crippen LogP contribution in [0.2, 0.25) is 0 Å². The minimum atomic E-state index is -1.75. The van der Waals surface area contributed by atoms with Crippen LogP contribution in [0.4, 0.5) is 24.7 Å². The van der Waals surface area contributed by atoms with Gasteiger partial charge in [-0.2, -0.15) is 0 Å². The lowest BCUT2D eigenvalue weighted by Crippen LogP contribution is -2.40. The van der Waals surface area contributed by atoms with E-state index in [4.69, 9.17) is 4.74 Å². The Bertz CT molecular complexity index is 925. The summed E-state index contributed by atoms with van der Waals surface area (Å²) >= 11 is 0. The van der Waals surface area contributed by atoms with Crippen molar-refractivity contribution in [1.82, 2.24) is 10.3 Å². The molecule has 0 saturated carbocycles. The average Bonchev–Trinajstić information content (AvgIpc) is 2.66. The highest BCUT2D eigenvalue weighted by Gasteiger charge is 2.22. The number of anilines is 1. The Kier molecular flexibility index (Phi) is 6.47. The smallest absolute Gasteiger partial charge is 0.406 e. The lowest BCUT2D eigenvalue weighted by Gasteiger charge is -2.14. The third-order valence-corrected chi connectivity index (χ3v) is 3.33. The number of amides is 2. The van der Waals surface area contributed by atoms with E-state index in [-0.39, 0.29) is 5.75 Å². The van der Waals surface area contributed by atoms with Crippen molar-refractivity contribution in [3.63, 3.8) is 0 Å². The molecular weight excluding hydrogens is 385 g/mol. The van der Waals surface area contributed by atoms with Gasteiger partial charge in [0.1, 0.15) is 6.20 Å². The fraction of sp³-hybridized carbons (Fsp3) is 0.188. The fourth-order valence-corrected chi connectivity index (χ4v) is 1.98. The maximum Gasteiger partial charge on any atom is 0.406 e. The van der Waals surface area contributed by atoms with Gasteiger partial charge in [-0.15, -0.1) is 0 Å². The van der Waals surface area contributed by atoms with Crippen LogP contribution in [0.15, 0.2) is 30.5 Å². The van der Waals surface area contributed by atoms with Gasteiger partial charge in [0, 0.05) is 0 Å². The van der Waals surface area contributed by atoms with Crippen molar-refractivity contribution in [2.75, 3.05) is 11.9 Å². The van der Waals surface area contributed by atoms with E-state index in [9.17, 15) is 32.9 Å². The standard InChI is InChI=1S/C16H13F3N4O5/c1-8(28-11-3-2-6-20-15(11)23(26)27)16(25)21-7-12(24)22-10-5-4-9(17)13(18)14(10)19/h2-6,8H,7H2,1H3,(H,21,25)(H,22,24). The van der Waals surface area contributed by atoms with E-state index in [2.05, 4.69) is 10.3 Å². The second-order valence-electron chi connectivity index (χ2n) is 5.33. The topological polar surface area (TPSA) is 123 Å². The van der Waals surface area contributed by atoms with Gasteiger partial charge in [0.25, 0.3) is 5.91 Å². The monoisotopic (exact) mass is 398 g/mol. The minimum Gasteiger partial charge on any atom is -0.473 e. The molecule has 1 unspecified atom stereocenters. The molecule has 12 heteroatoms. The van der Waals surface area contributed by atoms with Crippen molar-refractivity contribution in [3.05, 3.63) is 58.0 Å². The van der Waals surface area contributed by atoms with Gasteiger partial charge in [0.15, 0.2) is 23.6 Å². The number of carbonyl (C=O) groups is 2. The molecule has 0 aliphatic heterocycles. The number of carbonyl (C=O) groups excluding carboxylic acids is 2. The number of hydrogen-bond donors (Lipinski definition) is 2. The molecule has 0 bridgehead atoms. The van der Waals surface area contributed by atoms with Crippen LogP contribution >= 0.6 is 0 Å². The third kappa shape index (κ3) is 4.93. The summed E-state index contributed by atoms with van der Waals surface area (Å²) in [6, 6.07) is 4.06. The molecule has 2 aromatic rings. The first kappa shape index (κ1) is 20.6. The molecule has 1 aromatic heterocycles. The van der Waals surface area contributed by atoms with E-state index in [0.29, 0.717) is 6.07 Å². The van der Waals surface area contributed by atoms with Crippen molar-refractivity contribution >= 4 is 23.3 Å². The number of nitro groups is 1. The molecule has 0 aliphatic carbocycles. The SMILES string of the molecule is CC(Oc1cccnc1[N+](=O)[O-])C(=O)NCC(=O)Nc1ccc(F)c(F)c1F. The molecular formula is C16H13F3N4O5. The van der Waals surface area contributed by atoms with Gasteiger partial charge in [-0.05, 0) is 41.1 Å². The summed E-state index contributed by atoms with van der Waals surface area (Å²) in [5, 5.41) is 15.0. The Hall–Kier alpha value is -3.70.